The quantitative estimate of drug-likeness (QED) is 0.122. The minimum atomic E-state index is -5.01. The first-order chi connectivity index (χ1) is 37.1. The number of benzene rings is 5. The van der Waals surface area contributed by atoms with Crippen molar-refractivity contribution >= 4 is 64.2 Å². The van der Waals surface area contributed by atoms with Gasteiger partial charge in [-0.2, -0.15) is 26.3 Å². The molecule has 3 amide bonds. The highest BCUT2D eigenvalue weighted by Gasteiger charge is 2.39. The molecule has 5 aromatic carbocycles. The minimum Gasteiger partial charge on any atom is -0.347 e. The summed E-state index contributed by atoms with van der Waals surface area (Å²) in [5, 5.41) is 4.72. The van der Waals surface area contributed by atoms with Crippen LogP contribution in [-0.4, -0.2) is 81.7 Å². The molecule has 0 radical (unpaired) electrons. The second-order valence-corrected chi connectivity index (χ2v) is 20.8. The van der Waals surface area contributed by atoms with Crippen molar-refractivity contribution in [3.63, 3.8) is 0 Å². The van der Waals surface area contributed by atoms with Gasteiger partial charge in [0.25, 0.3) is 17.4 Å². The Bertz CT molecular complexity index is 3300. The first-order valence-electron chi connectivity index (χ1n) is 25.6. The van der Waals surface area contributed by atoms with Crippen molar-refractivity contribution in [2.75, 3.05) is 39.8 Å². The Morgan fingerprint density at radius 1 is 0.759 bits per heavy atom. The molecule has 0 bridgehead atoms. The fourth-order valence-electron chi connectivity index (χ4n) is 10.4. The van der Waals surface area contributed by atoms with Gasteiger partial charge in [0.1, 0.15) is 11.2 Å². The van der Waals surface area contributed by atoms with Gasteiger partial charge in [-0.25, -0.2) is 0 Å². The lowest BCUT2D eigenvalue weighted by Crippen LogP contribution is -2.52. The lowest BCUT2D eigenvalue weighted by Gasteiger charge is -2.43. The van der Waals surface area contributed by atoms with Gasteiger partial charge in [0.15, 0.2) is 0 Å². The fraction of sp³-hybridized carbons (Fsp3) is 0.317. The second kappa shape index (κ2) is 25.6. The molecule has 2 aromatic heterocycles. The SMILES string of the molecule is CC(=O)NC1(c2ccccc2)CCN(CC[C@H](CN(C)C(=O)c2ccccc2)c2ccc(Cl)c(Cl)c2)CC1.Cc1ccc(-c2c3n(c(=O)c4ncccc24)CCCCN(Cc2cc(C(F)(F)F)cc(C(F)(F)F)c2)C3=O)cc1.Cl. The van der Waals surface area contributed by atoms with E-state index >= 15 is 0 Å². The maximum atomic E-state index is 14.1. The standard InChI is InChI=1S/C31H35Cl2N3O2.C29H23F6N3O2.ClH/c1-23(37)34-31(27-11-7-4-8-12-27)16-19-36(20-17-31)18-15-26(25-13-14-28(32)29(33)21-25)22-35(2)30(38)24-9-5-3-6-10-24;1-17-6-8-19(9-7-17)23-22-5-4-10-36-24(22)26(39)38-12-3-2-11-37(27(40)25(23)38)16-18-13-20(28(30,31)32)15-21(14-18)29(33,34)35;/h3-14,21,26H,15-20,22H2,1-2H3,(H,34,37);4-10,13-15H,2-3,11-12,16H2,1H3;1H/t26-;;/m1../s1. The van der Waals surface area contributed by atoms with Gasteiger partial charge < -0.3 is 24.6 Å². The third-order valence-corrected chi connectivity index (χ3v) is 15.2. The molecule has 1 atom stereocenters. The molecular formula is C60H59Cl3F6N6O4. The topological polar surface area (TPSA) is 108 Å². The number of aromatic nitrogens is 2. The van der Waals surface area contributed by atoms with Crippen LogP contribution >= 0.6 is 35.6 Å². The predicted octanol–water partition coefficient (Wildman–Crippen LogP) is 13.6. The van der Waals surface area contributed by atoms with E-state index in [0.717, 1.165) is 55.6 Å². The Morgan fingerprint density at radius 3 is 1.99 bits per heavy atom. The van der Waals surface area contributed by atoms with Crippen LogP contribution in [0.15, 0.2) is 144 Å². The number of likely N-dealkylation sites (N-methyl/N-ethyl adjacent to an activating group) is 1. The van der Waals surface area contributed by atoms with E-state index in [2.05, 4.69) is 27.3 Å². The number of halogens is 9. The predicted molar refractivity (Wildman–Crippen MR) is 299 cm³/mol. The van der Waals surface area contributed by atoms with Gasteiger partial charge in [0.05, 0.1) is 26.7 Å². The first-order valence-corrected chi connectivity index (χ1v) is 26.4. The smallest absolute Gasteiger partial charge is 0.347 e. The molecule has 1 N–H and O–H groups in total. The zero-order valence-corrected chi connectivity index (χ0v) is 46.0. The van der Waals surface area contributed by atoms with E-state index in [1.807, 2.05) is 92.8 Å². The molecule has 2 aliphatic heterocycles. The average molecular weight is 1150 g/mol. The summed E-state index contributed by atoms with van der Waals surface area (Å²) >= 11 is 12.6. The van der Waals surface area contributed by atoms with Gasteiger partial charge in [-0.3, -0.25) is 24.2 Å². The number of pyridine rings is 2. The summed E-state index contributed by atoms with van der Waals surface area (Å²) in [6.45, 7) is 6.47. The lowest BCUT2D eigenvalue weighted by molar-refractivity contribution is -0.143. The number of rotatable bonds is 12. The molecule has 10 nitrogen and oxygen atoms in total. The Balaban J connectivity index is 0.000000226. The van der Waals surface area contributed by atoms with E-state index in [9.17, 15) is 45.5 Å². The number of alkyl halides is 6. The van der Waals surface area contributed by atoms with Crippen LogP contribution in [-0.2, 0) is 35.8 Å². The van der Waals surface area contributed by atoms with Gasteiger partial charge in [-0.15, -0.1) is 12.4 Å². The van der Waals surface area contributed by atoms with Crippen molar-refractivity contribution in [1.82, 2.24) is 29.6 Å². The highest BCUT2D eigenvalue weighted by atomic mass is 35.5. The summed E-state index contributed by atoms with van der Waals surface area (Å²) in [4.78, 5) is 62.4. The summed E-state index contributed by atoms with van der Waals surface area (Å²) < 4.78 is 82.2. The Labute approximate surface area is 470 Å². The van der Waals surface area contributed by atoms with Gasteiger partial charge in [0.2, 0.25) is 5.91 Å². The zero-order chi connectivity index (χ0) is 55.9. The first kappa shape index (κ1) is 59.9. The highest BCUT2D eigenvalue weighted by molar-refractivity contribution is 6.42. The van der Waals surface area contributed by atoms with Gasteiger partial charge in [0, 0.05) is 81.9 Å². The molecule has 2 aliphatic rings. The number of carbonyl (C=O) groups is 3. The molecule has 1 fully saturated rings. The maximum Gasteiger partial charge on any atom is 0.416 e. The van der Waals surface area contributed by atoms with Crippen LogP contribution in [0.4, 0.5) is 26.3 Å². The molecule has 0 saturated carbocycles. The Hall–Kier alpha value is -6.72. The Kier molecular flexibility index (Phi) is 19.4. The number of nitrogens with zero attached hydrogens (tertiary/aromatic N) is 5. The third-order valence-electron chi connectivity index (χ3n) is 14.5. The van der Waals surface area contributed by atoms with Crippen LogP contribution in [0.5, 0.6) is 0 Å². The van der Waals surface area contributed by atoms with Crippen molar-refractivity contribution in [3.05, 3.63) is 205 Å². The molecule has 4 heterocycles. The van der Waals surface area contributed by atoms with E-state index < -0.39 is 41.5 Å². The molecule has 1 saturated heterocycles. The van der Waals surface area contributed by atoms with Crippen molar-refractivity contribution in [1.29, 1.82) is 0 Å². The molecule has 0 unspecified atom stereocenters. The van der Waals surface area contributed by atoms with Crippen molar-refractivity contribution in [3.8, 4) is 11.1 Å². The molecule has 0 aliphatic carbocycles. The number of hydrogen-bond acceptors (Lipinski definition) is 6. The lowest BCUT2D eigenvalue weighted by atomic mass is 9.80. The molecular weight excluding hydrogens is 1090 g/mol. The van der Waals surface area contributed by atoms with Crippen LogP contribution < -0.4 is 10.9 Å². The molecule has 416 valence electrons. The number of carbonyl (C=O) groups excluding carboxylic acids is 3. The number of aryl methyl sites for hydroxylation is 1. The maximum absolute atomic E-state index is 14.1. The monoisotopic (exact) mass is 1150 g/mol. The summed E-state index contributed by atoms with van der Waals surface area (Å²) in [6.07, 6.45) is -5.15. The van der Waals surface area contributed by atoms with E-state index in [0.29, 0.717) is 63.6 Å². The molecule has 79 heavy (non-hydrogen) atoms. The largest absolute Gasteiger partial charge is 0.416 e. The molecule has 0 spiro atoms. The van der Waals surface area contributed by atoms with E-state index in [1.54, 1.807) is 36.1 Å². The zero-order valence-electron chi connectivity index (χ0n) is 43.6. The van der Waals surface area contributed by atoms with Crippen LogP contribution in [0.3, 0.4) is 0 Å². The van der Waals surface area contributed by atoms with Crippen LogP contribution in [0.25, 0.3) is 22.0 Å². The Morgan fingerprint density at radius 2 is 1.38 bits per heavy atom. The summed E-state index contributed by atoms with van der Waals surface area (Å²) in [7, 11) is 1.85. The average Bonchev–Trinajstić information content (AvgIpc) is 3.53. The number of fused-ring (bicyclic) bond motifs is 2. The minimum absolute atomic E-state index is 0. The van der Waals surface area contributed by atoms with Crippen LogP contribution in [0.2, 0.25) is 10.0 Å². The van der Waals surface area contributed by atoms with Gasteiger partial charge in [-0.05, 0) is 116 Å². The number of piperidine rings is 1. The summed E-state index contributed by atoms with van der Waals surface area (Å²) in [5.41, 5.74) is 1.05. The fourth-order valence-corrected chi connectivity index (χ4v) is 10.8. The molecule has 9 rings (SSSR count). The van der Waals surface area contributed by atoms with Crippen LogP contribution in [0.1, 0.15) is 99.2 Å². The third kappa shape index (κ3) is 14.4. The van der Waals surface area contributed by atoms with Crippen LogP contribution in [0, 0.1) is 6.92 Å². The van der Waals surface area contributed by atoms with E-state index in [-0.39, 0.29) is 71.6 Å². The van der Waals surface area contributed by atoms with Gasteiger partial charge >= 0.3 is 12.4 Å². The van der Waals surface area contributed by atoms with Gasteiger partial charge in [-0.1, -0.05) is 114 Å². The second-order valence-electron chi connectivity index (χ2n) is 20.0. The van der Waals surface area contributed by atoms with Crippen molar-refractivity contribution in [2.24, 2.45) is 0 Å². The highest BCUT2D eigenvalue weighted by Crippen LogP contribution is 2.39. The number of hydrogen-bond donors (Lipinski definition) is 1. The number of likely N-dealkylation sites (tertiary alicyclic amines) is 1. The number of nitrogens with one attached hydrogen (secondary N) is 1. The molecule has 7 aromatic rings. The van der Waals surface area contributed by atoms with E-state index in [1.165, 1.54) is 15.7 Å². The van der Waals surface area contributed by atoms with E-state index in [4.69, 9.17) is 23.2 Å². The molecule has 19 heteroatoms. The van der Waals surface area contributed by atoms with Crippen molar-refractivity contribution < 1.29 is 40.7 Å². The summed E-state index contributed by atoms with van der Waals surface area (Å²) in [6, 6.07) is 37.2. The normalized spacial score (nSPS) is 15.1. The number of amides is 3. The van der Waals surface area contributed by atoms with Crippen molar-refractivity contribution in [2.45, 2.75) is 82.9 Å². The summed E-state index contributed by atoms with van der Waals surface area (Å²) in [5.74, 6) is -0.577.